The van der Waals surface area contributed by atoms with Gasteiger partial charge < -0.3 is 33.9 Å². The summed E-state index contributed by atoms with van der Waals surface area (Å²) in [7, 11) is 6.31. The van der Waals surface area contributed by atoms with E-state index in [1.165, 1.54) is 7.11 Å². The highest BCUT2D eigenvalue weighted by atomic mass is 16.5. The number of amides is 2. The first-order valence-corrected chi connectivity index (χ1v) is 16.2. The van der Waals surface area contributed by atoms with Crippen LogP contribution in [0.5, 0.6) is 11.5 Å². The second kappa shape index (κ2) is 18.5. The van der Waals surface area contributed by atoms with Crippen molar-refractivity contribution in [3.8, 4) is 11.5 Å². The smallest absolute Gasteiger partial charge is 0.329 e. The maximum absolute atomic E-state index is 13.7. The average Bonchev–Trinajstić information content (AvgIpc) is 3.56. The van der Waals surface area contributed by atoms with Crippen LogP contribution in [-0.4, -0.2) is 82.0 Å². The van der Waals surface area contributed by atoms with Crippen LogP contribution in [0.25, 0.3) is 0 Å². The lowest BCUT2D eigenvalue weighted by atomic mass is 9.93. The molecule has 2 aromatic carbocycles. The Labute approximate surface area is 274 Å². The second-order valence-electron chi connectivity index (χ2n) is 12.1. The third kappa shape index (κ3) is 10.2. The Morgan fingerprint density at radius 1 is 0.978 bits per heavy atom. The lowest BCUT2D eigenvalue weighted by Gasteiger charge is -2.35. The number of nitrogens with zero attached hydrogens (tertiary/aromatic N) is 1. The first kappa shape index (κ1) is 36.8. The molecule has 0 spiro atoms. The molecule has 1 aliphatic heterocycles. The molecule has 0 bridgehead atoms. The van der Waals surface area contributed by atoms with Crippen LogP contribution in [-0.2, 0) is 41.6 Å². The summed E-state index contributed by atoms with van der Waals surface area (Å²) in [6.07, 6.45) is 3.21. The Bertz CT molecular complexity index is 1260. The van der Waals surface area contributed by atoms with Gasteiger partial charge >= 0.3 is 5.97 Å². The normalized spacial score (nSPS) is 17.8. The topological polar surface area (TPSA) is 113 Å². The lowest BCUT2D eigenvalue weighted by molar-refractivity contribution is -0.150. The number of benzene rings is 2. The van der Waals surface area contributed by atoms with E-state index in [0.29, 0.717) is 35.9 Å². The standard InChI is InChI=1S/C36H52N2O8/c1-8-24(2)19-29(43-5)22-33(39)38-18-12-15-31(38)34(45-7)25(3)35(40)37-30(20-26-13-10-9-11-14-26)36(41)46-23-27-16-17-28(42-4)21-32(27)44-6/h9-11,13-14,16-17,21,24-25,29-31,34H,8,12,15,18-20,22-23H2,1-7H3,(H,37,40)/t24-,25+,29-,30-,31-,34+/m0/s1. The quantitative estimate of drug-likeness (QED) is 0.228. The highest BCUT2D eigenvalue weighted by molar-refractivity contribution is 5.86. The van der Waals surface area contributed by atoms with Crippen molar-refractivity contribution in [1.29, 1.82) is 0 Å². The first-order chi connectivity index (χ1) is 22.1. The van der Waals surface area contributed by atoms with Crippen molar-refractivity contribution in [2.45, 2.75) is 90.2 Å². The van der Waals surface area contributed by atoms with Gasteiger partial charge in [0.2, 0.25) is 11.8 Å². The van der Waals surface area contributed by atoms with Gasteiger partial charge in [-0.05, 0) is 42.9 Å². The number of carbonyl (C=O) groups excluding carboxylic acids is 3. The summed E-state index contributed by atoms with van der Waals surface area (Å²) >= 11 is 0. The SMILES string of the molecule is CC[C@H](C)C[C@@H](CC(=O)N1CCC[C@H]1[C@H](OC)[C@@H](C)C(=O)N[C@@H](Cc1ccccc1)C(=O)OCc1ccc(OC)cc1OC)OC. The molecule has 1 heterocycles. The molecular formula is C36H52N2O8. The molecular weight excluding hydrogens is 588 g/mol. The Morgan fingerprint density at radius 2 is 1.72 bits per heavy atom. The molecule has 6 atom stereocenters. The molecule has 1 aliphatic rings. The van der Waals surface area contributed by atoms with E-state index in [9.17, 15) is 14.4 Å². The van der Waals surface area contributed by atoms with E-state index in [4.69, 9.17) is 23.7 Å². The molecule has 254 valence electrons. The molecule has 46 heavy (non-hydrogen) atoms. The number of hydrogen-bond donors (Lipinski definition) is 1. The van der Waals surface area contributed by atoms with Crippen LogP contribution in [0.1, 0.15) is 64.0 Å². The summed E-state index contributed by atoms with van der Waals surface area (Å²) in [5, 5.41) is 2.93. The van der Waals surface area contributed by atoms with Crippen molar-refractivity contribution >= 4 is 17.8 Å². The van der Waals surface area contributed by atoms with Crippen LogP contribution in [0, 0.1) is 11.8 Å². The van der Waals surface area contributed by atoms with Crippen LogP contribution in [0.15, 0.2) is 48.5 Å². The van der Waals surface area contributed by atoms with E-state index in [0.717, 1.165) is 31.2 Å². The van der Waals surface area contributed by atoms with Gasteiger partial charge in [-0.2, -0.15) is 0 Å². The monoisotopic (exact) mass is 640 g/mol. The van der Waals surface area contributed by atoms with Crippen molar-refractivity contribution in [3.63, 3.8) is 0 Å². The van der Waals surface area contributed by atoms with E-state index in [2.05, 4.69) is 19.2 Å². The van der Waals surface area contributed by atoms with E-state index < -0.39 is 24.0 Å². The molecule has 3 rings (SSSR count). The van der Waals surface area contributed by atoms with Crippen LogP contribution >= 0.6 is 0 Å². The van der Waals surface area contributed by atoms with E-state index in [1.54, 1.807) is 46.5 Å². The van der Waals surface area contributed by atoms with Gasteiger partial charge in [-0.15, -0.1) is 0 Å². The van der Waals surface area contributed by atoms with E-state index >= 15 is 0 Å². The summed E-state index contributed by atoms with van der Waals surface area (Å²) in [6.45, 7) is 6.64. The Morgan fingerprint density at radius 3 is 2.35 bits per heavy atom. The summed E-state index contributed by atoms with van der Waals surface area (Å²) in [6, 6.07) is 13.5. The van der Waals surface area contributed by atoms with Gasteiger partial charge in [-0.1, -0.05) is 57.5 Å². The zero-order valence-corrected chi connectivity index (χ0v) is 28.5. The number of ether oxygens (including phenoxy) is 5. The number of esters is 1. The fourth-order valence-electron chi connectivity index (χ4n) is 6.04. The van der Waals surface area contributed by atoms with Gasteiger partial charge in [-0.3, -0.25) is 9.59 Å². The lowest BCUT2D eigenvalue weighted by Crippen LogP contribution is -2.52. The van der Waals surface area contributed by atoms with E-state index in [-0.39, 0.29) is 37.0 Å². The number of rotatable bonds is 18. The fourth-order valence-corrected chi connectivity index (χ4v) is 6.04. The summed E-state index contributed by atoms with van der Waals surface area (Å²) in [5.41, 5.74) is 1.54. The number of nitrogens with one attached hydrogen (secondary N) is 1. The third-order valence-electron chi connectivity index (χ3n) is 9.02. The molecule has 0 aromatic heterocycles. The average molecular weight is 641 g/mol. The molecule has 10 nitrogen and oxygen atoms in total. The molecule has 0 unspecified atom stereocenters. The fraction of sp³-hybridized carbons (Fsp3) is 0.583. The van der Waals surface area contributed by atoms with Gasteiger partial charge in [-0.25, -0.2) is 4.79 Å². The van der Waals surface area contributed by atoms with Gasteiger partial charge in [0.15, 0.2) is 0 Å². The zero-order valence-electron chi connectivity index (χ0n) is 28.5. The van der Waals surface area contributed by atoms with Gasteiger partial charge in [0.05, 0.1) is 44.8 Å². The van der Waals surface area contributed by atoms with Crippen molar-refractivity contribution in [2.24, 2.45) is 11.8 Å². The first-order valence-electron chi connectivity index (χ1n) is 16.2. The highest BCUT2D eigenvalue weighted by Gasteiger charge is 2.41. The molecule has 0 radical (unpaired) electrons. The van der Waals surface area contributed by atoms with Gasteiger partial charge in [0, 0.05) is 38.8 Å². The minimum absolute atomic E-state index is 0.00630. The van der Waals surface area contributed by atoms with Crippen molar-refractivity contribution < 1.29 is 38.1 Å². The largest absolute Gasteiger partial charge is 0.497 e. The molecule has 1 fully saturated rings. The number of likely N-dealkylation sites (tertiary alicyclic amines) is 1. The summed E-state index contributed by atoms with van der Waals surface area (Å²) < 4.78 is 28.0. The zero-order chi connectivity index (χ0) is 33.6. The van der Waals surface area contributed by atoms with Crippen molar-refractivity contribution in [3.05, 3.63) is 59.7 Å². The third-order valence-corrected chi connectivity index (χ3v) is 9.02. The molecule has 0 saturated carbocycles. The Hall–Kier alpha value is -3.63. The number of methoxy groups -OCH3 is 4. The Balaban J connectivity index is 1.72. The molecule has 1 N–H and O–H groups in total. The van der Waals surface area contributed by atoms with E-state index in [1.807, 2.05) is 35.2 Å². The van der Waals surface area contributed by atoms with Gasteiger partial charge in [0.25, 0.3) is 0 Å². The molecule has 1 saturated heterocycles. The maximum Gasteiger partial charge on any atom is 0.329 e. The van der Waals surface area contributed by atoms with Crippen LogP contribution in [0.4, 0.5) is 0 Å². The number of carbonyl (C=O) groups is 3. The molecule has 2 aromatic rings. The maximum atomic E-state index is 13.7. The van der Waals surface area contributed by atoms with Crippen molar-refractivity contribution in [2.75, 3.05) is 35.0 Å². The predicted octanol–water partition coefficient (Wildman–Crippen LogP) is 4.96. The van der Waals surface area contributed by atoms with Crippen LogP contribution in [0.2, 0.25) is 0 Å². The minimum atomic E-state index is -0.941. The molecule has 2 amide bonds. The highest BCUT2D eigenvalue weighted by Crippen LogP contribution is 2.29. The van der Waals surface area contributed by atoms with Crippen molar-refractivity contribution in [1.82, 2.24) is 10.2 Å². The molecule has 0 aliphatic carbocycles. The van der Waals surface area contributed by atoms with Crippen LogP contribution < -0.4 is 14.8 Å². The minimum Gasteiger partial charge on any atom is -0.497 e. The number of hydrogen-bond acceptors (Lipinski definition) is 8. The molecule has 10 heteroatoms. The van der Waals surface area contributed by atoms with Crippen LogP contribution in [0.3, 0.4) is 0 Å². The summed E-state index contributed by atoms with van der Waals surface area (Å²) in [4.78, 5) is 42.5. The second-order valence-corrected chi connectivity index (χ2v) is 12.1. The summed E-state index contributed by atoms with van der Waals surface area (Å²) in [5.74, 6) is 0.0470. The van der Waals surface area contributed by atoms with Gasteiger partial charge in [0.1, 0.15) is 24.1 Å². The Kier molecular flexibility index (Phi) is 14.8. The predicted molar refractivity (Wildman–Crippen MR) is 176 cm³/mol.